The summed E-state index contributed by atoms with van der Waals surface area (Å²) in [5.74, 6) is 0. The molecule has 1 fully saturated rings. The Morgan fingerprint density at radius 2 is 1.96 bits per heavy atom. The molecular formula is C15H20N2O6S2. The van der Waals surface area contributed by atoms with Gasteiger partial charge >= 0.3 is 6.09 Å². The predicted octanol–water partition coefficient (Wildman–Crippen LogP) is 2.46. The quantitative estimate of drug-likeness (QED) is 0.331. The second-order valence-electron chi connectivity index (χ2n) is 5.01. The first-order valence-corrected chi connectivity index (χ1v) is 9.67. The molecular weight excluding hydrogens is 368 g/mol. The summed E-state index contributed by atoms with van der Waals surface area (Å²) in [6, 6.07) is 9.47. The lowest BCUT2D eigenvalue weighted by molar-refractivity contribution is -0.214. The van der Waals surface area contributed by atoms with Gasteiger partial charge in [-0.1, -0.05) is 35.5 Å². The Morgan fingerprint density at radius 1 is 1.32 bits per heavy atom. The molecule has 1 aromatic rings. The molecule has 138 valence electrons. The van der Waals surface area contributed by atoms with Crippen molar-refractivity contribution in [2.24, 2.45) is 5.16 Å². The number of hydrogen-bond acceptors (Lipinski definition) is 8. The highest BCUT2D eigenvalue weighted by molar-refractivity contribution is 8.13. The summed E-state index contributed by atoms with van der Waals surface area (Å²) in [7, 11) is 1.29. The molecule has 1 atom stereocenters. The minimum absolute atomic E-state index is 0.192. The molecule has 0 aromatic heterocycles. The second kappa shape index (κ2) is 9.88. The van der Waals surface area contributed by atoms with Crippen molar-refractivity contribution in [2.45, 2.75) is 19.3 Å². The van der Waals surface area contributed by atoms with Crippen LogP contribution in [0.1, 0.15) is 18.8 Å². The maximum Gasteiger partial charge on any atom is 0.449 e. The van der Waals surface area contributed by atoms with Gasteiger partial charge in [0.05, 0.1) is 13.2 Å². The van der Waals surface area contributed by atoms with Gasteiger partial charge in [0, 0.05) is 12.6 Å². The van der Waals surface area contributed by atoms with Crippen molar-refractivity contribution >= 4 is 34.2 Å². The summed E-state index contributed by atoms with van der Waals surface area (Å²) in [6.45, 7) is 2.07. The van der Waals surface area contributed by atoms with E-state index in [4.69, 9.17) is 13.7 Å². The Morgan fingerprint density at radius 3 is 2.56 bits per heavy atom. The number of carbonyl (C=O) groups is 1. The largest absolute Gasteiger partial charge is 0.449 e. The molecule has 10 heteroatoms. The third-order valence-corrected chi connectivity index (χ3v) is 4.88. The molecule has 2 rings (SSSR count). The molecule has 1 aliphatic heterocycles. The average molecular weight is 388 g/mol. The average Bonchev–Trinajstić information content (AvgIpc) is 2.66. The summed E-state index contributed by atoms with van der Waals surface area (Å²) in [6.07, 6.45) is -0.135. The van der Waals surface area contributed by atoms with Crippen molar-refractivity contribution in [3.05, 3.63) is 35.9 Å². The lowest BCUT2D eigenvalue weighted by atomic mass is 10.2. The SMILES string of the molecule is CS/C(C)=N/OC(=O)N(C)S(=O)OC1COC(c2ccccc2)OC1. The van der Waals surface area contributed by atoms with Gasteiger partial charge in [-0.15, -0.1) is 11.8 Å². The lowest BCUT2D eigenvalue weighted by Crippen LogP contribution is -2.38. The van der Waals surface area contributed by atoms with Crippen LogP contribution in [0.2, 0.25) is 0 Å². The van der Waals surface area contributed by atoms with E-state index in [1.807, 2.05) is 30.3 Å². The van der Waals surface area contributed by atoms with Gasteiger partial charge in [-0.3, -0.25) is 9.02 Å². The van der Waals surface area contributed by atoms with E-state index in [-0.39, 0.29) is 13.2 Å². The van der Waals surface area contributed by atoms with E-state index >= 15 is 0 Å². The van der Waals surface area contributed by atoms with Crippen LogP contribution in [0.25, 0.3) is 0 Å². The van der Waals surface area contributed by atoms with Crippen molar-refractivity contribution in [3.63, 3.8) is 0 Å². The third kappa shape index (κ3) is 6.08. The maximum absolute atomic E-state index is 12.1. The molecule has 25 heavy (non-hydrogen) atoms. The fourth-order valence-electron chi connectivity index (χ4n) is 1.78. The zero-order valence-electron chi connectivity index (χ0n) is 14.1. The molecule has 8 nitrogen and oxygen atoms in total. The number of ether oxygens (including phenoxy) is 2. The van der Waals surface area contributed by atoms with Gasteiger partial charge in [-0.25, -0.2) is 13.3 Å². The van der Waals surface area contributed by atoms with Gasteiger partial charge in [0.1, 0.15) is 11.1 Å². The molecule has 1 amide bonds. The number of nitrogens with zero attached hydrogens (tertiary/aromatic N) is 2. The highest BCUT2D eigenvalue weighted by Crippen LogP contribution is 2.24. The van der Waals surface area contributed by atoms with E-state index in [1.54, 1.807) is 13.2 Å². The van der Waals surface area contributed by atoms with Gasteiger partial charge in [0.15, 0.2) is 6.29 Å². The summed E-state index contributed by atoms with van der Waals surface area (Å²) in [4.78, 5) is 16.4. The minimum Gasteiger partial charge on any atom is -0.346 e. The molecule has 1 aromatic carbocycles. The van der Waals surface area contributed by atoms with Crippen molar-refractivity contribution in [1.82, 2.24) is 4.31 Å². The molecule has 0 bridgehead atoms. The highest BCUT2D eigenvalue weighted by atomic mass is 32.2. The molecule has 0 radical (unpaired) electrons. The fraction of sp³-hybridized carbons (Fsp3) is 0.467. The van der Waals surface area contributed by atoms with Crippen molar-refractivity contribution in [2.75, 3.05) is 26.5 Å². The molecule has 0 N–H and O–H groups in total. The van der Waals surface area contributed by atoms with E-state index < -0.39 is 29.8 Å². The van der Waals surface area contributed by atoms with Gasteiger partial charge in [-0.05, 0) is 13.2 Å². The number of rotatable bonds is 5. The smallest absolute Gasteiger partial charge is 0.346 e. The Labute approximate surface area is 153 Å². The Bertz CT molecular complexity index is 620. The first kappa shape index (κ1) is 19.9. The standard InChI is InChI=1S/C15H20N2O6S2/c1-11(24-3)16-22-15(18)17(2)25(19)23-13-9-20-14(21-10-13)12-7-5-4-6-8-12/h4-8,13-14H,9-10H2,1-3H3/b16-11+. The monoisotopic (exact) mass is 388 g/mol. The molecule has 0 aliphatic carbocycles. The summed E-state index contributed by atoms with van der Waals surface area (Å²) in [5.41, 5.74) is 0.893. The molecule has 0 spiro atoms. The zero-order chi connectivity index (χ0) is 18.2. The molecule has 1 heterocycles. The number of amides is 1. The molecule has 1 aliphatic rings. The Balaban J connectivity index is 1.79. The topological polar surface area (TPSA) is 86.7 Å². The van der Waals surface area contributed by atoms with E-state index in [2.05, 4.69) is 9.99 Å². The maximum atomic E-state index is 12.1. The van der Waals surface area contributed by atoms with Crippen LogP contribution in [0.5, 0.6) is 0 Å². The Hall–Kier alpha value is -1.46. The number of carbonyl (C=O) groups excluding carboxylic acids is 1. The normalized spacial score (nSPS) is 22.3. The predicted molar refractivity (Wildman–Crippen MR) is 95.0 cm³/mol. The van der Waals surface area contributed by atoms with E-state index in [0.717, 1.165) is 9.87 Å². The molecule has 1 saturated heterocycles. The van der Waals surface area contributed by atoms with Gasteiger partial charge in [0.25, 0.3) is 11.3 Å². The molecule has 0 saturated carbocycles. The third-order valence-electron chi connectivity index (χ3n) is 3.19. The first-order chi connectivity index (χ1) is 12.0. The lowest BCUT2D eigenvalue weighted by Gasteiger charge is -2.29. The van der Waals surface area contributed by atoms with Crippen LogP contribution in [0.15, 0.2) is 35.5 Å². The number of oxime groups is 1. The second-order valence-corrected chi connectivity index (χ2v) is 7.19. The van der Waals surface area contributed by atoms with Gasteiger partial charge in [-0.2, -0.15) is 0 Å². The first-order valence-electron chi connectivity index (χ1n) is 7.41. The van der Waals surface area contributed by atoms with Gasteiger partial charge < -0.3 is 9.47 Å². The summed E-state index contributed by atoms with van der Waals surface area (Å²) >= 11 is -0.714. The van der Waals surface area contributed by atoms with Crippen LogP contribution in [-0.4, -0.2) is 52.3 Å². The van der Waals surface area contributed by atoms with Crippen molar-refractivity contribution in [3.8, 4) is 0 Å². The minimum atomic E-state index is -2.04. The van der Waals surface area contributed by atoms with Crippen LogP contribution in [0.3, 0.4) is 0 Å². The summed E-state index contributed by atoms with van der Waals surface area (Å²) in [5, 5.41) is 4.15. The fourth-order valence-corrected chi connectivity index (χ4v) is 2.52. The summed E-state index contributed by atoms with van der Waals surface area (Å²) < 4.78 is 29.3. The van der Waals surface area contributed by atoms with E-state index in [9.17, 15) is 9.00 Å². The van der Waals surface area contributed by atoms with Crippen LogP contribution in [0.4, 0.5) is 4.79 Å². The number of thioether (sulfide) groups is 1. The van der Waals surface area contributed by atoms with Crippen LogP contribution >= 0.6 is 11.8 Å². The van der Waals surface area contributed by atoms with Crippen LogP contribution in [0, 0.1) is 0 Å². The van der Waals surface area contributed by atoms with E-state index in [1.165, 1.54) is 18.8 Å². The van der Waals surface area contributed by atoms with Gasteiger partial charge in [0.2, 0.25) is 0 Å². The van der Waals surface area contributed by atoms with Crippen molar-refractivity contribution in [1.29, 1.82) is 0 Å². The van der Waals surface area contributed by atoms with E-state index in [0.29, 0.717) is 5.04 Å². The Kier molecular flexibility index (Phi) is 7.85. The zero-order valence-corrected chi connectivity index (χ0v) is 15.7. The van der Waals surface area contributed by atoms with Crippen LogP contribution in [-0.2, 0) is 29.8 Å². The van der Waals surface area contributed by atoms with Crippen LogP contribution < -0.4 is 0 Å². The molecule has 1 unspecified atom stereocenters. The van der Waals surface area contributed by atoms with Crippen molar-refractivity contribution < 1.29 is 27.5 Å². The number of benzene rings is 1. The number of hydrogen-bond donors (Lipinski definition) is 0. The highest BCUT2D eigenvalue weighted by Gasteiger charge is 2.28.